The Morgan fingerprint density at radius 1 is 0.844 bits per heavy atom. The number of rotatable bonds is 7. The minimum atomic E-state index is -4.68. The number of benzene rings is 2. The van der Waals surface area contributed by atoms with Crippen molar-refractivity contribution in [3.63, 3.8) is 0 Å². The number of anilines is 1. The van der Waals surface area contributed by atoms with Crippen LogP contribution in [0.2, 0.25) is 0 Å². The summed E-state index contributed by atoms with van der Waals surface area (Å²) in [6, 6.07) is 7.68. The second-order valence-corrected chi connectivity index (χ2v) is 6.24. The zero-order valence-electron chi connectivity index (χ0n) is 15.8. The molecule has 0 radical (unpaired) electrons. The smallest absolute Gasteiger partial charge is 0.422 e. The lowest BCUT2D eigenvalue weighted by Crippen LogP contribution is -2.20. The van der Waals surface area contributed by atoms with Gasteiger partial charge < -0.3 is 14.8 Å². The van der Waals surface area contributed by atoms with E-state index in [0.717, 1.165) is 12.1 Å². The maximum absolute atomic E-state index is 13.0. The molecule has 1 N–H and O–H groups in total. The van der Waals surface area contributed by atoms with Gasteiger partial charge in [0.1, 0.15) is 11.6 Å². The molecule has 0 spiro atoms. The van der Waals surface area contributed by atoms with Crippen molar-refractivity contribution < 1.29 is 40.2 Å². The van der Waals surface area contributed by atoms with Crippen LogP contribution >= 0.6 is 0 Å². The quantitative estimate of drug-likeness (QED) is 0.476. The van der Waals surface area contributed by atoms with Gasteiger partial charge in [-0.05, 0) is 35.9 Å². The number of aromatic nitrogens is 3. The molecule has 0 fully saturated rings. The van der Waals surface area contributed by atoms with E-state index in [2.05, 4.69) is 25.0 Å². The molecule has 0 bridgehead atoms. The van der Waals surface area contributed by atoms with Crippen LogP contribution in [0.5, 0.6) is 17.8 Å². The third-order valence-electron chi connectivity index (χ3n) is 3.69. The monoisotopic (exact) mass is 462 g/mol. The first kappa shape index (κ1) is 23.0. The largest absolute Gasteiger partial charge is 0.454 e. The van der Waals surface area contributed by atoms with E-state index in [1.165, 1.54) is 30.3 Å². The van der Waals surface area contributed by atoms with E-state index < -0.39 is 42.4 Å². The van der Waals surface area contributed by atoms with Crippen LogP contribution in [0.1, 0.15) is 11.1 Å². The van der Waals surface area contributed by atoms with Gasteiger partial charge in [0, 0.05) is 6.54 Å². The second kappa shape index (κ2) is 9.24. The van der Waals surface area contributed by atoms with Crippen molar-refractivity contribution in [3.05, 3.63) is 65.5 Å². The summed E-state index contributed by atoms with van der Waals surface area (Å²) < 4.78 is 98.7. The lowest BCUT2D eigenvalue weighted by molar-refractivity contribution is -0.154. The van der Waals surface area contributed by atoms with Crippen LogP contribution in [0.15, 0.2) is 48.5 Å². The SMILES string of the molecule is Fc1ccc(CNc2nc(OCC(F)(F)F)nc(Oc3cccc(C(F)(F)F)c3)n2)cc1. The molecule has 0 saturated heterocycles. The Morgan fingerprint density at radius 2 is 1.53 bits per heavy atom. The lowest BCUT2D eigenvalue weighted by Gasteiger charge is -2.12. The highest BCUT2D eigenvalue weighted by atomic mass is 19.4. The summed E-state index contributed by atoms with van der Waals surface area (Å²) >= 11 is 0. The van der Waals surface area contributed by atoms with Crippen molar-refractivity contribution in [2.24, 2.45) is 0 Å². The van der Waals surface area contributed by atoms with Gasteiger partial charge in [0.15, 0.2) is 6.61 Å². The number of nitrogens with zero attached hydrogens (tertiary/aromatic N) is 3. The van der Waals surface area contributed by atoms with Gasteiger partial charge in [-0.2, -0.15) is 36.3 Å². The molecule has 0 saturated carbocycles. The molecule has 0 aliphatic heterocycles. The molecule has 0 amide bonds. The van der Waals surface area contributed by atoms with E-state index in [1.54, 1.807) is 0 Å². The minimum absolute atomic E-state index is 0.0476. The molecule has 1 aromatic heterocycles. The standard InChI is InChI=1S/C19H13F7N4O2/c20-13-6-4-11(5-7-13)9-27-15-28-16(31-10-18(21,22)23)30-17(29-15)32-14-3-1-2-12(8-14)19(24,25)26/h1-8H,9-10H2,(H,27,28,29,30). The predicted octanol–water partition coefficient (Wildman–Crippen LogP) is 5.38. The van der Waals surface area contributed by atoms with E-state index in [9.17, 15) is 30.7 Å². The Morgan fingerprint density at radius 3 is 2.19 bits per heavy atom. The fourth-order valence-electron chi connectivity index (χ4n) is 2.30. The third-order valence-corrected chi connectivity index (χ3v) is 3.69. The highest BCUT2D eigenvalue weighted by molar-refractivity contribution is 5.34. The van der Waals surface area contributed by atoms with Crippen LogP contribution in [0, 0.1) is 5.82 Å². The first-order valence-corrected chi connectivity index (χ1v) is 8.77. The van der Waals surface area contributed by atoms with Crippen molar-refractivity contribution in [1.29, 1.82) is 0 Å². The Kier molecular flexibility index (Phi) is 6.65. The van der Waals surface area contributed by atoms with Crippen LogP contribution in [0.4, 0.5) is 36.7 Å². The summed E-state index contributed by atoms with van der Waals surface area (Å²) in [4.78, 5) is 11.1. The molecule has 3 aromatic rings. The third kappa shape index (κ3) is 6.96. The van der Waals surface area contributed by atoms with Crippen LogP contribution in [0.25, 0.3) is 0 Å². The molecule has 0 aliphatic carbocycles. The van der Waals surface area contributed by atoms with Gasteiger partial charge in [-0.15, -0.1) is 4.98 Å². The summed E-state index contributed by atoms with van der Waals surface area (Å²) in [6.07, 6.45) is -9.32. The molecule has 170 valence electrons. The van der Waals surface area contributed by atoms with Gasteiger partial charge in [-0.1, -0.05) is 18.2 Å². The maximum Gasteiger partial charge on any atom is 0.422 e. The molecular formula is C19H13F7N4O2. The number of hydrogen-bond donors (Lipinski definition) is 1. The number of hydrogen-bond acceptors (Lipinski definition) is 6. The van der Waals surface area contributed by atoms with E-state index in [-0.39, 0.29) is 18.2 Å². The molecule has 0 atom stereocenters. The van der Waals surface area contributed by atoms with Crippen LogP contribution in [-0.4, -0.2) is 27.7 Å². The molecule has 0 aliphatic rings. The molecule has 2 aromatic carbocycles. The topological polar surface area (TPSA) is 69.2 Å². The number of alkyl halides is 6. The minimum Gasteiger partial charge on any atom is -0.454 e. The average Bonchev–Trinajstić information content (AvgIpc) is 2.71. The van der Waals surface area contributed by atoms with Gasteiger partial charge in [0.25, 0.3) is 0 Å². The van der Waals surface area contributed by atoms with Crippen molar-refractivity contribution in [1.82, 2.24) is 15.0 Å². The first-order chi connectivity index (χ1) is 15.0. The summed E-state index contributed by atoms with van der Waals surface area (Å²) in [7, 11) is 0. The summed E-state index contributed by atoms with van der Waals surface area (Å²) in [6.45, 7) is -1.66. The van der Waals surface area contributed by atoms with Crippen LogP contribution < -0.4 is 14.8 Å². The lowest BCUT2D eigenvalue weighted by atomic mass is 10.2. The van der Waals surface area contributed by atoms with Gasteiger partial charge in [-0.3, -0.25) is 0 Å². The molecule has 32 heavy (non-hydrogen) atoms. The van der Waals surface area contributed by atoms with Gasteiger partial charge >= 0.3 is 24.4 Å². The van der Waals surface area contributed by atoms with E-state index >= 15 is 0 Å². The Labute approximate surface area is 176 Å². The zero-order chi connectivity index (χ0) is 23.4. The normalized spacial score (nSPS) is 11.8. The van der Waals surface area contributed by atoms with Gasteiger partial charge in [-0.25, -0.2) is 4.39 Å². The molecule has 6 nitrogen and oxygen atoms in total. The van der Waals surface area contributed by atoms with Crippen molar-refractivity contribution in [3.8, 4) is 17.8 Å². The highest BCUT2D eigenvalue weighted by Gasteiger charge is 2.31. The Bertz CT molecular complexity index is 1060. The predicted molar refractivity (Wildman–Crippen MR) is 96.6 cm³/mol. The van der Waals surface area contributed by atoms with Crippen molar-refractivity contribution in [2.45, 2.75) is 18.9 Å². The van der Waals surface area contributed by atoms with Crippen molar-refractivity contribution in [2.75, 3.05) is 11.9 Å². The van der Waals surface area contributed by atoms with Gasteiger partial charge in [0.05, 0.1) is 5.56 Å². The molecule has 0 unspecified atom stereocenters. The number of halogens is 7. The Balaban J connectivity index is 1.83. The molecule has 1 heterocycles. The van der Waals surface area contributed by atoms with Crippen LogP contribution in [0.3, 0.4) is 0 Å². The average molecular weight is 462 g/mol. The fraction of sp³-hybridized carbons (Fsp3) is 0.211. The first-order valence-electron chi connectivity index (χ1n) is 8.77. The van der Waals surface area contributed by atoms with Crippen LogP contribution in [-0.2, 0) is 12.7 Å². The summed E-state index contributed by atoms with van der Waals surface area (Å²) in [5.41, 5.74) is -0.419. The number of nitrogens with one attached hydrogen (secondary N) is 1. The van der Waals surface area contributed by atoms with E-state index in [1.807, 2.05) is 0 Å². The van der Waals surface area contributed by atoms with Gasteiger partial charge in [0.2, 0.25) is 5.95 Å². The summed E-state index contributed by atoms with van der Waals surface area (Å²) in [5.74, 6) is -1.05. The summed E-state index contributed by atoms with van der Waals surface area (Å²) in [5, 5.41) is 2.67. The molecular weight excluding hydrogens is 449 g/mol. The van der Waals surface area contributed by atoms with E-state index in [4.69, 9.17) is 4.74 Å². The second-order valence-electron chi connectivity index (χ2n) is 6.24. The highest BCUT2D eigenvalue weighted by Crippen LogP contribution is 2.32. The maximum atomic E-state index is 13.0. The Hall–Kier alpha value is -3.64. The molecule has 3 rings (SSSR count). The number of ether oxygens (including phenoxy) is 2. The molecule has 13 heteroatoms. The van der Waals surface area contributed by atoms with E-state index in [0.29, 0.717) is 11.6 Å². The van der Waals surface area contributed by atoms with Crippen molar-refractivity contribution >= 4 is 5.95 Å². The zero-order valence-corrected chi connectivity index (χ0v) is 15.8. The fourth-order valence-corrected chi connectivity index (χ4v) is 2.30.